The summed E-state index contributed by atoms with van der Waals surface area (Å²) in [6.07, 6.45) is 1.77. The highest BCUT2D eigenvalue weighted by atomic mass is 35.5. The van der Waals surface area contributed by atoms with E-state index in [0.29, 0.717) is 26.6 Å². The van der Waals surface area contributed by atoms with Gasteiger partial charge in [0.1, 0.15) is 12.4 Å². The Kier molecular flexibility index (Phi) is 8.51. The first kappa shape index (κ1) is 28.9. The van der Waals surface area contributed by atoms with Crippen molar-refractivity contribution in [3.63, 3.8) is 0 Å². The second kappa shape index (κ2) is 12.1. The number of hydrogen-bond donors (Lipinski definition) is 2. The lowest BCUT2D eigenvalue weighted by atomic mass is 9.96. The highest BCUT2D eigenvalue weighted by Crippen LogP contribution is 2.45. The molecule has 0 radical (unpaired) electrons. The number of benzene rings is 2. The molecule has 11 heteroatoms. The number of amides is 1. The lowest BCUT2D eigenvalue weighted by Gasteiger charge is -2.29. The maximum atomic E-state index is 12.4. The number of rotatable bonds is 8. The number of ether oxygens (including phenoxy) is 2. The topological polar surface area (TPSA) is 80.7 Å². The van der Waals surface area contributed by atoms with E-state index in [1.807, 2.05) is 55.5 Å². The van der Waals surface area contributed by atoms with Crippen LogP contribution in [0.1, 0.15) is 34.7 Å². The van der Waals surface area contributed by atoms with Crippen LogP contribution in [0.4, 0.5) is 11.4 Å². The van der Waals surface area contributed by atoms with E-state index in [4.69, 9.17) is 44.9 Å². The zero-order valence-corrected chi connectivity index (χ0v) is 25.3. The largest absolute Gasteiger partial charge is 0.495 e. The van der Waals surface area contributed by atoms with Crippen molar-refractivity contribution in [3.05, 3.63) is 99.6 Å². The molecule has 212 valence electrons. The van der Waals surface area contributed by atoms with E-state index >= 15 is 0 Å². The number of carbonyl (C=O) groups is 1. The zero-order valence-electron chi connectivity index (χ0n) is 22.9. The quantitative estimate of drug-likeness (QED) is 0.219. The van der Waals surface area contributed by atoms with Crippen molar-refractivity contribution in [3.8, 4) is 11.4 Å². The van der Waals surface area contributed by atoms with Gasteiger partial charge in [0.15, 0.2) is 5.11 Å². The van der Waals surface area contributed by atoms with E-state index in [0.717, 1.165) is 34.0 Å². The van der Waals surface area contributed by atoms with Gasteiger partial charge < -0.3 is 29.6 Å². The highest BCUT2D eigenvalue weighted by molar-refractivity contribution is 7.80. The standard InChI is InChI=1S/C30H29Cl2N5O3S/c1-17-13-21(18(2)36(17)25-10-8-19(31)14-22(25)32)29-28(23-7-5-6-12-33-23)35-30(41)37(29)20-9-11-26(40-4)24(15-20)34-27(38)16-39-3/h5-15,28-29H,16H2,1-4H3,(H,34,38)(H,35,41)/t28-,29-/m1/s1. The fourth-order valence-electron chi connectivity index (χ4n) is 5.33. The van der Waals surface area contributed by atoms with Crippen molar-refractivity contribution in [1.29, 1.82) is 0 Å². The summed E-state index contributed by atoms with van der Waals surface area (Å²) in [6.45, 7) is 4.02. The van der Waals surface area contributed by atoms with E-state index < -0.39 is 0 Å². The van der Waals surface area contributed by atoms with Crippen molar-refractivity contribution in [2.75, 3.05) is 31.0 Å². The van der Waals surface area contributed by atoms with Crippen LogP contribution in [0, 0.1) is 13.8 Å². The third-order valence-corrected chi connectivity index (χ3v) is 7.90. The molecule has 1 aliphatic rings. The summed E-state index contributed by atoms with van der Waals surface area (Å²) in [5.41, 5.74) is 6.00. The SMILES string of the molecule is COCC(=O)Nc1cc(N2C(=S)N[C@H](c3ccccn3)[C@H]2c2cc(C)n(-c3ccc(Cl)cc3Cl)c2C)ccc1OC. The maximum absolute atomic E-state index is 12.4. The summed E-state index contributed by atoms with van der Waals surface area (Å²) >= 11 is 18.8. The Bertz CT molecular complexity index is 1610. The van der Waals surface area contributed by atoms with E-state index in [9.17, 15) is 4.79 Å². The first-order valence-corrected chi connectivity index (χ1v) is 14.0. The molecule has 8 nitrogen and oxygen atoms in total. The number of methoxy groups -OCH3 is 2. The van der Waals surface area contributed by atoms with Gasteiger partial charge in [0, 0.05) is 35.4 Å². The molecule has 1 amide bonds. The van der Waals surface area contributed by atoms with Crippen LogP contribution in [0.5, 0.6) is 5.75 Å². The molecule has 4 aromatic rings. The van der Waals surface area contributed by atoms with Crippen LogP contribution in [0.15, 0.2) is 66.9 Å². The molecule has 0 saturated carbocycles. The molecule has 3 heterocycles. The number of carbonyl (C=O) groups excluding carboxylic acids is 1. The van der Waals surface area contributed by atoms with E-state index in [2.05, 4.69) is 38.1 Å². The van der Waals surface area contributed by atoms with Crippen LogP contribution < -0.4 is 20.3 Å². The van der Waals surface area contributed by atoms with Crippen LogP contribution >= 0.6 is 35.4 Å². The van der Waals surface area contributed by atoms with Gasteiger partial charge in [-0.2, -0.15) is 0 Å². The normalized spacial score (nSPS) is 16.5. The van der Waals surface area contributed by atoms with Gasteiger partial charge in [0.25, 0.3) is 0 Å². The number of pyridine rings is 1. The first-order valence-electron chi connectivity index (χ1n) is 12.8. The minimum atomic E-state index is -0.295. The van der Waals surface area contributed by atoms with Gasteiger partial charge in [-0.05, 0) is 86.2 Å². The Labute approximate surface area is 254 Å². The van der Waals surface area contributed by atoms with Crippen molar-refractivity contribution < 1.29 is 14.3 Å². The fraction of sp³-hybridized carbons (Fsp3) is 0.233. The molecule has 0 unspecified atom stereocenters. The zero-order chi connectivity index (χ0) is 29.3. The number of aryl methyl sites for hydroxylation is 1. The minimum absolute atomic E-state index is 0.0827. The Morgan fingerprint density at radius 2 is 1.90 bits per heavy atom. The van der Waals surface area contributed by atoms with Crippen LogP contribution in [0.25, 0.3) is 5.69 Å². The molecule has 2 aromatic carbocycles. The van der Waals surface area contributed by atoms with Crippen molar-refractivity contribution in [1.82, 2.24) is 14.9 Å². The van der Waals surface area contributed by atoms with Crippen molar-refractivity contribution in [2.24, 2.45) is 0 Å². The van der Waals surface area contributed by atoms with Gasteiger partial charge in [0.2, 0.25) is 5.91 Å². The van der Waals surface area contributed by atoms with E-state index in [-0.39, 0.29) is 24.6 Å². The second-order valence-electron chi connectivity index (χ2n) is 9.62. The predicted octanol–water partition coefficient (Wildman–Crippen LogP) is 6.57. The predicted molar refractivity (Wildman–Crippen MR) is 167 cm³/mol. The Morgan fingerprint density at radius 3 is 2.59 bits per heavy atom. The Balaban J connectivity index is 1.66. The molecule has 1 aliphatic heterocycles. The molecule has 1 fully saturated rings. The van der Waals surface area contributed by atoms with E-state index in [1.54, 1.807) is 19.4 Å². The van der Waals surface area contributed by atoms with Gasteiger partial charge >= 0.3 is 0 Å². The summed E-state index contributed by atoms with van der Waals surface area (Å²) in [5, 5.41) is 8.02. The maximum Gasteiger partial charge on any atom is 0.250 e. The monoisotopic (exact) mass is 609 g/mol. The highest BCUT2D eigenvalue weighted by Gasteiger charge is 2.42. The number of nitrogens with zero attached hydrogens (tertiary/aromatic N) is 3. The lowest BCUT2D eigenvalue weighted by Crippen LogP contribution is -2.29. The lowest BCUT2D eigenvalue weighted by molar-refractivity contribution is -0.119. The summed E-state index contributed by atoms with van der Waals surface area (Å²) in [5.74, 6) is 0.223. The number of hydrogen-bond acceptors (Lipinski definition) is 5. The molecule has 0 bridgehead atoms. The van der Waals surface area contributed by atoms with Gasteiger partial charge in [-0.15, -0.1) is 0 Å². The third kappa shape index (κ3) is 5.63. The van der Waals surface area contributed by atoms with Crippen molar-refractivity contribution >= 4 is 57.8 Å². The molecule has 2 atom stereocenters. The molecular weight excluding hydrogens is 581 g/mol. The third-order valence-electron chi connectivity index (χ3n) is 7.05. The molecule has 2 aromatic heterocycles. The van der Waals surface area contributed by atoms with E-state index in [1.165, 1.54) is 7.11 Å². The number of anilines is 2. The molecular formula is C30H29Cl2N5O3S. The second-order valence-corrected chi connectivity index (χ2v) is 10.9. The summed E-state index contributed by atoms with van der Waals surface area (Å²) in [6, 6.07) is 18.5. The van der Waals surface area contributed by atoms with Crippen LogP contribution in [-0.2, 0) is 9.53 Å². The molecule has 0 aliphatic carbocycles. The smallest absolute Gasteiger partial charge is 0.250 e. The van der Waals surface area contributed by atoms with Gasteiger partial charge in [0.05, 0.1) is 41.3 Å². The molecule has 41 heavy (non-hydrogen) atoms. The number of halogens is 2. The van der Waals surface area contributed by atoms with Crippen molar-refractivity contribution in [2.45, 2.75) is 25.9 Å². The van der Waals surface area contributed by atoms with Crippen LogP contribution in [0.2, 0.25) is 10.0 Å². The van der Waals surface area contributed by atoms with Crippen LogP contribution in [0.3, 0.4) is 0 Å². The summed E-state index contributed by atoms with van der Waals surface area (Å²) < 4.78 is 12.6. The number of aromatic nitrogens is 2. The van der Waals surface area contributed by atoms with Crippen LogP contribution in [-0.4, -0.2) is 41.4 Å². The molecule has 1 saturated heterocycles. The average Bonchev–Trinajstić information content (AvgIpc) is 3.44. The minimum Gasteiger partial charge on any atom is -0.495 e. The molecule has 2 N–H and O–H groups in total. The number of thiocarbonyl (C=S) groups is 1. The molecule has 5 rings (SSSR count). The Morgan fingerprint density at radius 1 is 1.10 bits per heavy atom. The summed E-state index contributed by atoms with van der Waals surface area (Å²) in [4.78, 5) is 19.1. The average molecular weight is 611 g/mol. The summed E-state index contributed by atoms with van der Waals surface area (Å²) in [7, 11) is 3.03. The molecule has 0 spiro atoms. The van der Waals surface area contributed by atoms with Gasteiger partial charge in [-0.3, -0.25) is 9.78 Å². The first-order chi connectivity index (χ1) is 19.7. The number of nitrogens with one attached hydrogen (secondary N) is 2. The Hall–Kier alpha value is -3.63. The fourth-order valence-corrected chi connectivity index (χ4v) is 6.17. The van der Waals surface area contributed by atoms with Gasteiger partial charge in [-0.1, -0.05) is 29.3 Å². The van der Waals surface area contributed by atoms with Gasteiger partial charge in [-0.25, -0.2) is 0 Å².